The van der Waals surface area contributed by atoms with E-state index in [0.717, 1.165) is 12.3 Å². The first-order valence-electron chi connectivity index (χ1n) is 6.71. The van der Waals surface area contributed by atoms with Crippen molar-refractivity contribution in [1.29, 1.82) is 5.26 Å². The monoisotopic (exact) mass is 222 g/mol. The molecule has 1 rings (SSSR count). The minimum atomic E-state index is 0.250. The van der Waals surface area contributed by atoms with Crippen LogP contribution in [0, 0.1) is 23.2 Å². The predicted octanol–water partition coefficient (Wildman–Crippen LogP) is 3.44. The summed E-state index contributed by atoms with van der Waals surface area (Å²) in [5, 5.41) is 9.23. The van der Waals surface area contributed by atoms with E-state index in [1.54, 1.807) is 0 Å². The van der Waals surface area contributed by atoms with Crippen LogP contribution in [-0.2, 0) is 0 Å². The highest BCUT2D eigenvalue weighted by Crippen LogP contribution is 2.32. The van der Waals surface area contributed by atoms with Crippen LogP contribution in [0.25, 0.3) is 0 Å². The van der Waals surface area contributed by atoms with E-state index in [2.05, 4.69) is 38.8 Å². The third kappa shape index (κ3) is 3.22. The first-order chi connectivity index (χ1) is 7.60. The largest absolute Gasteiger partial charge is 0.299 e. The van der Waals surface area contributed by atoms with Crippen molar-refractivity contribution in [3.05, 3.63) is 0 Å². The smallest absolute Gasteiger partial charge is 0.0672 e. The molecule has 1 aliphatic rings. The van der Waals surface area contributed by atoms with Crippen molar-refractivity contribution in [2.45, 2.75) is 65.0 Å². The van der Waals surface area contributed by atoms with Gasteiger partial charge in [0, 0.05) is 12.1 Å². The zero-order valence-corrected chi connectivity index (χ0v) is 11.2. The van der Waals surface area contributed by atoms with Gasteiger partial charge < -0.3 is 0 Å². The van der Waals surface area contributed by atoms with Gasteiger partial charge in [0.2, 0.25) is 0 Å². The Balaban J connectivity index is 2.63. The van der Waals surface area contributed by atoms with Crippen LogP contribution in [0.5, 0.6) is 0 Å². The van der Waals surface area contributed by atoms with Gasteiger partial charge >= 0.3 is 0 Å². The van der Waals surface area contributed by atoms with Gasteiger partial charge in [-0.3, -0.25) is 4.90 Å². The van der Waals surface area contributed by atoms with Crippen molar-refractivity contribution in [2.24, 2.45) is 11.8 Å². The summed E-state index contributed by atoms with van der Waals surface area (Å²) in [6.45, 7) is 6.84. The van der Waals surface area contributed by atoms with Crippen molar-refractivity contribution in [2.75, 3.05) is 7.05 Å². The lowest BCUT2D eigenvalue weighted by Crippen LogP contribution is -2.45. The van der Waals surface area contributed by atoms with E-state index < -0.39 is 0 Å². The molecule has 0 saturated heterocycles. The van der Waals surface area contributed by atoms with E-state index in [9.17, 15) is 5.26 Å². The summed E-state index contributed by atoms with van der Waals surface area (Å²) < 4.78 is 0. The molecule has 0 N–H and O–H groups in total. The zero-order chi connectivity index (χ0) is 12.1. The maximum absolute atomic E-state index is 9.23. The molecule has 0 spiro atoms. The minimum absolute atomic E-state index is 0.250. The van der Waals surface area contributed by atoms with Crippen LogP contribution in [0.3, 0.4) is 0 Å². The van der Waals surface area contributed by atoms with Crippen molar-refractivity contribution in [1.82, 2.24) is 4.90 Å². The van der Waals surface area contributed by atoms with Crippen LogP contribution in [-0.4, -0.2) is 24.0 Å². The van der Waals surface area contributed by atoms with Crippen molar-refractivity contribution >= 4 is 0 Å². The molecule has 0 heterocycles. The standard InChI is InChI=1S/C14H26N2/c1-5-6-12(3)16(4)14-9-11(2)7-8-13(14)10-15/h11-14H,5-9H2,1-4H3. The summed E-state index contributed by atoms with van der Waals surface area (Å²) in [6, 6.07) is 3.60. The lowest BCUT2D eigenvalue weighted by atomic mass is 9.78. The van der Waals surface area contributed by atoms with Gasteiger partial charge in [-0.1, -0.05) is 20.3 Å². The molecular weight excluding hydrogens is 196 g/mol. The maximum atomic E-state index is 9.23. The Morgan fingerprint density at radius 2 is 2.12 bits per heavy atom. The van der Waals surface area contributed by atoms with Gasteiger partial charge in [-0.2, -0.15) is 5.26 Å². The highest BCUT2D eigenvalue weighted by molar-refractivity contribution is 4.97. The Morgan fingerprint density at radius 1 is 1.44 bits per heavy atom. The molecule has 0 radical (unpaired) electrons. The number of rotatable bonds is 4. The second kappa shape index (κ2) is 6.25. The van der Waals surface area contributed by atoms with Gasteiger partial charge in [0.1, 0.15) is 0 Å². The molecule has 92 valence electrons. The molecule has 0 aliphatic heterocycles. The molecule has 2 heteroatoms. The third-order valence-corrected chi connectivity index (χ3v) is 4.17. The molecule has 0 aromatic heterocycles. The van der Waals surface area contributed by atoms with Gasteiger partial charge in [-0.15, -0.1) is 0 Å². The Kier molecular flexibility index (Phi) is 5.28. The fourth-order valence-corrected chi connectivity index (χ4v) is 2.90. The minimum Gasteiger partial charge on any atom is -0.299 e. The lowest BCUT2D eigenvalue weighted by molar-refractivity contribution is 0.0937. The normalized spacial score (nSPS) is 32.4. The summed E-state index contributed by atoms with van der Waals surface area (Å²) in [6.07, 6.45) is 5.98. The molecule has 16 heavy (non-hydrogen) atoms. The molecule has 2 nitrogen and oxygen atoms in total. The quantitative estimate of drug-likeness (QED) is 0.728. The molecule has 4 unspecified atom stereocenters. The van der Waals surface area contributed by atoms with Crippen molar-refractivity contribution in [3.63, 3.8) is 0 Å². The SMILES string of the molecule is CCCC(C)N(C)C1CC(C)CCC1C#N. The topological polar surface area (TPSA) is 27.0 Å². The highest BCUT2D eigenvalue weighted by atomic mass is 15.2. The average molecular weight is 222 g/mol. The summed E-state index contributed by atoms with van der Waals surface area (Å²) in [7, 11) is 2.20. The first kappa shape index (κ1) is 13.5. The van der Waals surface area contributed by atoms with Gasteiger partial charge in [0.25, 0.3) is 0 Å². The molecule has 1 fully saturated rings. The molecule has 1 aliphatic carbocycles. The molecule has 4 atom stereocenters. The van der Waals surface area contributed by atoms with E-state index in [4.69, 9.17) is 0 Å². The van der Waals surface area contributed by atoms with E-state index >= 15 is 0 Å². The predicted molar refractivity (Wildman–Crippen MR) is 68.0 cm³/mol. The lowest BCUT2D eigenvalue weighted by Gasteiger charge is -2.40. The van der Waals surface area contributed by atoms with Crippen LogP contribution >= 0.6 is 0 Å². The highest BCUT2D eigenvalue weighted by Gasteiger charge is 2.32. The Labute approximate surface area is 101 Å². The Hall–Kier alpha value is -0.550. The molecular formula is C14H26N2. The van der Waals surface area contributed by atoms with E-state index in [1.807, 2.05) is 0 Å². The van der Waals surface area contributed by atoms with Crippen LogP contribution < -0.4 is 0 Å². The maximum Gasteiger partial charge on any atom is 0.0672 e. The molecule has 0 amide bonds. The van der Waals surface area contributed by atoms with E-state index in [1.165, 1.54) is 25.7 Å². The van der Waals surface area contributed by atoms with Gasteiger partial charge in [0.05, 0.1) is 12.0 Å². The first-order valence-corrected chi connectivity index (χ1v) is 6.71. The average Bonchev–Trinajstić information content (AvgIpc) is 2.28. The van der Waals surface area contributed by atoms with Gasteiger partial charge in [-0.25, -0.2) is 0 Å². The van der Waals surface area contributed by atoms with Gasteiger partial charge in [0.15, 0.2) is 0 Å². The van der Waals surface area contributed by atoms with Crippen LogP contribution in [0.15, 0.2) is 0 Å². The number of nitrogens with zero attached hydrogens (tertiary/aromatic N) is 2. The molecule has 1 saturated carbocycles. The van der Waals surface area contributed by atoms with E-state index in [-0.39, 0.29) is 5.92 Å². The fraction of sp³-hybridized carbons (Fsp3) is 0.929. The third-order valence-electron chi connectivity index (χ3n) is 4.17. The zero-order valence-electron chi connectivity index (χ0n) is 11.2. The number of hydrogen-bond donors (Lipinski definition) is 0. The Morgan fingerprint density at radius 3 is 2.69 bits per heavy atom. The number of hydrogen-bond acceptors (Lipinski definition) is 2. The Bertz CT molecular complexity index is 244. The second-order valence-electron chi connectivity index (χ2n) is 5.52. The molecule has 0 bridgehead atoms. The second-order valence-corrected chi connectivity index (χ2v) is 5.52. The van der Waals surface area contributed by atoms with Crippen molar-refractivity contribution < 1.29 is 0 Å². The summed E-state index contributed by atoms with van der Waals surface area (Å²) >= 11 is 0. The molecule has 0 aromatic rings. The van der Waals surface area contributed by atoms with E-state index in [0.29, 0.717) is 12.1 Å². The van der Waals surface area contributed by atoms with Crippen LogP contribution in [0.4, 0.5) is 0 Å². The number of nitriles is 1. The molecule has 0 aromatic carbocycles. The van der Waals surface area contributed by atoms with Crippen molar-refractivity contribution in [3.8, 4) is 6.07 Å². The fourth-order valence-electron chi connectivity index (χ4n) is 2.90. The van der Waals surface area contributed by atoms with Crippen LogP contribution in [0.1, 0.15) is 52.9 Å². The van der Waals surface area contributed by atoms with Gasteiger partial charge in [-0.05, 0) is 45.6 Å². The summed E-state index contributed by atoms with van der Waals surface area (Å²) in [5.74, 6) is 1.03. The summed E-state index contributed by atoms with van der Waals surface area (Å²) in [5.41, 5.74) is 0. The summed E-state index contributed by atoms with van der Waals surface area (Å²) in [4.78, 5) is 2.45. The van der Waals surface area contributed by atoms with Crippen LogP contribution in [0.2, 0.25) is 0 Å².